The van der Waals surface area contributed by atoms with Crippen LogP contribution in [-0.4, -0.2) is 98.9 Å². The molecule has 1 aliphatic carbocycles. The maximum absolute atomic E-state index is 12.9. The fraction of sp³-hybridized carbons (Fsp3) is 0.807. The molecule has 1 aliphatic rings. The van der Waals surface area contributed by atoms with E-state index in [0.717, 1.165) is 70.6 Å². The van der Waals surface area contributed by atoms with Crippen LogP contribution in [0.25, 0.3) is 0 Å². The van der Waals surface area contributed by atoms with Gasteiger partial charge >= 0.3 is 13.8 Å². The second-order valence-corrected chi connectivity index (χ2v) is 20.8. The normalized spacial score (nSPS) is 21.3. The first kappa shape index (κ1) is 66.1. The number of allylic oxidation sites excluding steroid dienone is 10. The fourth-order valence-corrected chi connectivity index (χ4v) is 9.37. The van der Waals surface area contributed by atoms with Crippen molar-refractivity contribution in [1.82, 2.24) is 0 Å². The first-order valence-corrected chi connectivity index (χ1v) is 29.6. The first-order valence-electron chi connectivity index (χ1n) is 28.1. The number of phosphoric ester groups is 1. The zero-order valence-electron chi connectivity index (χ0n) is 44.1. The third-order valence-electron chi connectivity index (χ3n) is 12.9. The van der Waals surface area contributed by atoms with Gasteiger partial charge in [0.1, 0.15) is 42.7 Å². The summed E-state index contributed by atoms with van der Waals surface area (Å²) in [6.45, 7) is 4.23. The minimum absolute atomic E-state index is 0.0855. The van der Waals surface area contributed by atoms with Gasteiger partial charge in [-0.15, -0.1) is 0 Å². The van der Waals surface area contributed by atoms with Gasteiger partial charge in [-0.3, -0.25) is 13.8 Å². The molecule has 0 aromatic rings. The maximum atomic E-state index is 12.9. The van der Waals surface area contributed by atoms with Crippen LogP contribution in [0.2, 0.25) is 0 Å². The Labute approximate surface area is 426 Å². The number of unbranched alkanes of at least 4 members (excludes halogenated alkanes) is 26. The highest BCUT2D eigenvalue weighted by atomic mass is 31.2. The van der Waals surface area contributed by atoms with Gasteiger partial charge < -0.3 is 39.9 Å². The number of phosphoric acid groups is 1. The van der Waals surface area contributed by atoms with Crippen LogP contribution < -0.4 is 0 Å². The van der Waals surface area contributed by atoms with Crippen LogP contribution in [0.5, 0.6) is 0 Å². The minimum Gasteiger partial charge on any atom is -0.457 e. The standard InChI is InChI=1S/C57H103O12P/c1-3-5-7-9-11-13-15-17-19-21-23-25-26-27-28-30-32-34-36-38-40-42-44-46-51(58)68-50(49-67-70(64,65)69-57-55(62)53(60)52(59)54(61)56(57)63)48-66-47-45-43-41-39-37-35-33-31-29-24-22-20-18-16-14-12-10-8-6-4-2/h12,14-15,17-18,20-21,23-24,29,50,52-57,59-63H,3-11,13,16,19,22,25-28,30-49H2,1-2H3,(H,64,65)/b14-12-,17-15-,20-18-,23-21-,29-24-. The number of carbonyl (C=O) groups is 1. The molecule has 6 atom stereocenters. The highest BCUT2D eigenvalue weighted by Crippen LogP contribution is 2.47. The fourth-order valence-electron chi connectivity index (χ4n) is 8.39. The number of carbonyl (C=O) groups excluding carboxylic acids is 1. The van der Waals surface area contributed by atoms with Crippen molar-refractivity contribution in [2.75, 3.05) is 19.8 Å². The second-order valence-electron chi connectivity index (χ2n) is 19.4. The lowest BCUT2D eigenvalue weighted by molar-refractivity contribution is -0.220. The van der Waals surface area contributed by atoms with Gasteiger partial charge in [-0.1, -0.05) is 203 Å². The van der Waals surface area contributed by atoms with Crippen LogP contribution in [0, 0.1) is 0 Å². The van der Waals surface area contributed by atoms with Crippen molar-refractivity contribution in [3.63, 3.8) is 0 Å². The number of hydrogen-bond donors (Lipinski definition) is 6. The molecular weight excluding hydrogens is 908 g/mol. The molecular formula is C57H103O12P. The van der Waals surface area contributed by atoms with Crippen molar-refractivity contribution in [3.05, 3.63) is 60.8 Å². The Morgan fingerprint density at radius 1 is 0.457 bits per heavy atom. The van der Waals surface area contributed by atoms with Crippen LogP contribution in [0.15, 0.2) is 60.8 Å². The Hall–Kier alpha value is -1.96. The second kappa shape index (κ2) is 46.8. The van der Waals surface area contributed by atoms with Crippen LogP contribution in [0.4, 0.5) is 0 Å². The Kier molecular flexibility index (Phi) is 44.2. The maximum Gasteiger partial charge on any atom is 0.472 e. The highest BCUT2D eigenvalue weighted by molar-refractivity contribution is 7.47. The molecule has 1 saturated carbocycles. The number of esters is 1. The lowest BCUT2D eigenvalue weighted by atomic mass is 9.85. The molecule has 0 aromatic heterocycles. The van der Waals surface area contributed by atoms with Gasteiger partial charge in [-0.25, -0.2) is 4.57 Å². The van der Waals surface area contributed by atoms with E-state index in [1.807, 2.05) is 0 Å². The zero-order chi connectivity index (χ0) is 51.2. The Bertz CT molecular complexity index is 1380. The Morgan fingerprint density at radius 2 is 0.800 bits per heavy atom. The van der Waals surface area contributed by atoms with Crippen LogP contribution in [0.1, 0.15) is 232 Å². The molecule has 1 rings (SSSR count). The zero-order valence-corrected chi connectivity index (χ0v) is 45.0. The molecule has 0 aliphatic heterocycles. The third-order valence-corrected chi connectivity index (χ3v) is 13.8. The topological polar surface area (TPSA) is 192 Å². The molecule has 6 N–H and O–H groups in total. The molecule has 408 valence electrons. The molecule has 12 nitrogen and oxygen atoms in total. The molecule has 70 heavy (non-hydrogen) atoms. The molecule has 0 spiro atoms. The molecule has 0 saturated heterocycles. The minimum atomic E-state index is -5.03. The van der Waals surface area contributed by atoms with E-state index in [1.54, 1.807) is 0 Å². The van der Waals surface area contributed by atoms with Gasteiger partial charge in [-0.05, 0) is 83.5 Å². The molecule has 0 heterocycles. The van der Waals surface area contributed by atoms with Crippen LogP contribution in [0.3, 0.4) is 0 Å². The number of hydrogen-bond acceptors (Lipinski definition) is 11. The van der Waals surface area contributed by atoms with E-state index in [4.69, 9.17) is 18.5 Å². The monoisotopic (exact) mass is 1010 g/mol. The van der Waals surface area contributed by atoms with Crippen molar-refractivity contribution in [1.29, 1.82) is 0 Å². The van der Waals surface area contributed by atoms with Gasteiger partial charge in [0, 0.05) is 13.0 Å². The van der Waals surface area contributed by atoms with Gasteiger partial charge in [0.05, 0.1) is 13.2 Å². The summed E-state index contributed by atoms with van der Waals surface area (Å²) in [5.41, 5.74) is 0. The predicted molar refractivity (Wildman–Crippen MR) is 285 cm³/mol. The summed E-state index contributed by atoms with van der Waals surface area (Å²) in [7, 11) is -5.03. The SMILES string of the molecule is CCCCC/C=C\C/C=C\C/C=C\CCCCCCCCCOCC(COP(=O)(O)OC1C(O)C(O)C(O)C(O)C1O)OC(=O)CCCCCCCCCCCCC/C=C\C/C=C\CCCCCCC. The summed E-state index contributed by atoms with van der Waals surface area (Å²) in [6, 6.07) is 0. The predicted octanol–water partition coefficient (Wildman–Crippen LogP) is 13.3. The van der Waals surface area contributed by atoms with E-state index in [-0.39, 0.29) is 13.0 Å². The molecule has 0 aromatic carbocycles. The van der Waals surface area contributed by atoms with E-state index >= 15 is 0 Å². The summed E-state index contributed by atoms with van der Waals surface area (Å²) in [4.78, 5) is 23.3. The number of aliphatic hydroxyl groups excluding tert-OH is 5. The average Bonchev–Trinajstić information content (AvgIpc) is 3.35. The summed E-state index contributed by atoms with van der Waals surface area (Å²) in [5.74, 6) is -0.483. The van der Waals surface area contributed by atoms with E-state index in [9.17, 15) is 39.8 Å². The van der Waals surface area contributed by atoms with Crippen molar-refractivity contribution in [2.45, 2.75) is 275 Å². The smallest absolute Gasteiger partial charge is 0.457 e. The Morgan fingerprint density at radius 3 is 1.24 bits per heavy atom. The quantitative estimate of drug-likeness (QED) is 0.0146. The number of rotatable bonds is 48. The van der Waals surface area contributed by atoms with E-state index < -0.39 is 63.1 Å². The molecule has 1 fully saturated rings. The van der Waals surface area contributed by atoms with Gasteiger partial charge in [0.2, 0.25) is 0 Å². The van der Waals surface area contributed by atoms with E-state index in [1.165, 1.54) is 135 Å². The van der Waals surface area contributed by atoms with E-state index in [0.29, 0.717) is 13.0 Å². The third kappa shape index (κ3) is 37.7. The van der Waals surface area contributed by atoms with Crippen molar-refractivity contribution >= 4 is 13.8 Å². The average molecular weight is 1010 g/mol. The number of ether oxygens (including phenoxy) is 2. The van der Waals surface area contributed by atoms with Crippen molar-refractivity contribution < 1.29 is 58.3 Å². The van der Waals surface area contributed by atoms with Crippen LogP contribution >= 0.6 is 7.82 Å². The molecule has 0 radical (unpaired) electrons. The summed E-state index contributed by atoms with van der Waals surface area (Å²) in [6.07, 6.45) is 48.5. The molecule has 13 heteroatoms. The van der Waals surface area contributed by atoms with E-state index in [2.05, 4.69) is 74.6 Å². The van der Waals surface area contributed by atoms with Gasteiger partial charge in [-0.2, -0.15) is 0 Å². The molecule has 0 amide bonds. The summed E-state index contributed by atoms with van der Waals surface area (Å²) >= 11 is 0. The largest absolute Gasteiger partial charge is 0.472 e. The summed E-state index contributed by atoms with van der Waals surface area (Å²) in [5, 5.41) is 50.4. The number of aliphatic hydroxyl groups is 5. The lowest BCUT2D eigenvalue weighted by Crippen LogP contribution is -2.64. The first-order chi connectivity index (χ1) is 34.0. The van der Waals surface area contributed by atoms with Crippen molar-refractivity contribution in [3.8, 4) is 0 Å². The van der Waals surface area contributed by atoms with Gasteiger partial charge in [0.25, 0.3) is 0 Å². The van der Waals surface area contributed by atoms with Crippen LogP contribution in [-0.2, 0) is 27.9 Å². The Balaban J connectivity index is 2.31. The molecule has 6 unspecified atom stereocenters. The molecule has 0 bridgehead atoms. The highest BCUT2D eigenvalue weighted by Gasteiger charge is 2.51. The van der Waals surface area contributed by atoms with Crippen molar-refractivity contribution in [2.24, 2.45) is 0 Å². The lowest BCUT2D eigenvalue weighted by Gasteiger charge is -2.41. The summed E-state index contributed by atoms with van der Waals surface area (Å²) < 4.78 is 34.4. The van der Waals surface area contributed by atoms with Gasteiger partial charge in [0.15, 0.2) is 0 Å².